The van der Waals surface area contributed by atoms with Crippen molar-refractivity contribution in [3.8, 4) is 0 Å². The molecule has 96 valence electrons. The lowest BCUT2D eigenvalue weighted by Crippen LogP contribution is -2.48. The summed E-state index contributed by atoms with van der Waals surface area (Å²) in [6.07, 6.45) is 6.48. The first-order valence-corrected chi connectivity index (χ1v) is 6.52. The highest BCUT2D eigenvalue weighted by molar-refractivity contribution is 7.13. The second kappa shape index (κ2) is 4.89. The molecule has 1 unspecified atom stereocenters. The summed E-state index contributed by atoms with van der Waals surface area (Å²) >= 11 is 1.32. The number of allylic oxidation sites excluding steroid dienone is 2. The summed E-state index contributed by atoms with van der Waals surface area (Å²) < 4.78 is 0. The van der Waals surface area contributed by atoms with Gasteiger partial charge >= 0.3 is 5.97 Å². The van der Waals surface area contributed by atoms with Crippen molar-refractivity contribution in [3.63, 3.8) is 0 Å². The minimum absolute atomic E-state index is 0.247. The predicted molar refractivity (Wildman–Crippen MR) is 68.6 cm³/mol. The van der Waals surface area contributed by atoms with Gasteiger partial charge in [-0.3, -0.25) is 14.5 Å². The maximum absolute atomic E-state index is 12.4. The first kappa shape index (κ1) is 12.8. The number of aliphatic carboxylic acids is 1. The SMILES string of the molecule is CN(C(=O)C1(C(=O)O)CC=CCC1)c1nccs1. The Balaban J connectivity index is 2.29. The van der Waals surface area contributed by atoms with Gasteiger partial charge in [-0.1, -0.05) is 12.2 Å². The minimum atomic E-state index is -1.34. The van der Waals surface area contributed by atoms with Gasteiger partial charge in [-0.15, -0.1) is 11.3 Å². The fourth-order valence-corrected chi connectivity index (χ4v) is 2.71. The Hall–Kier alpha value is -1.69. The predicted octanol–water partition coefficient (Wildman–Crippen LogP) is 1.92. The van der Waals surface area contributed by atoms with Crippen molar-refractivity contribution in [2.45, 2.75) is 19.3 Å². The van der Waals surface area contributed by atoms with Crippen LogP contribution >= 0.6 is 11.3 Å². The Kier molecular flexibility index (Phi) is 3.47. The topological polar surface area (TPSA) is 70.5 Å². The quantitative estimate of drug-likeness (QED) is 0.670. The molecule has 0 aliphatic heterocycles. The molecule has 0 bridgehead atoms. The Morgan fingerprint density at radius 2 is 2.28 bits per heavy atom. The third kappa shape index (κ3) is 2.03. The molecule has 1 aromatic heterocycles. The van der Waals surface area contributed by atoms with Crippen LogP contribution in [-0.4, -0.2) is 29.0 Å². The summed E-state index contributed by atoms with van der Waals surface area (Å²) in [5, 5.41) is 11.7. The van der Waals surface area contributed by atoms with E-state index in [0.717, 1.165) is 0 Å². The molecule has 0 aromatic carbocycles. The molecular formula is C12H14N2O3S. The Morgan fingerprint density at radius 1 is 1.50 bits per heavy atom. The third-order valence-electron chi connectivity index (χ3n) is 3.20. The van der Waals surface area contributed by atoms with Gasteiger partial charge in [-0.05, 0) is 19.3 Å². The summed E-state index contributed by atoms with van der Waals surface area (Å²) in [6, 6.07) is 0. The van der Waals surface area contributed by atoms with Gasteiger partial charge in [0.15, 0.2) is 10.5 Å². The molecule has 1 N–H and O–H groups in total. The highest BCUT2D eigenvalue weighted by Crippen LogP contribution is 2.36. The molecule has 18 heavy (non-hydrogen) atoms. The van der Waals surface area contributed by atoms with E-state index in [1.54, 1.807) is 24.7 Å². The van der Waals surface area contributed by atoms with Crippen LogP contribution in [0.3, 0.4) is 0 Å². The number of carboxylic acid groups (broad SMARTS) is 1. The van der Waals surface area contributed by atoms with Crippen LogP contribution in [0.2, 0.25) is 0 Å². The Bertz CT molecular complexity index is 484. The van der Waals surface area contributed by atoms with E-state index in [9.17, 15) is 14.7 Å². The van der Waals surface area contributed by atoms with Crippen molar-refractivity contribution in [2.75, 3.05) is 11.9 Å². The van der Waals surface area contributed by atoms with Gasteiger partial charge in [0.2, 0.25) is 5.91 Å². The molecule has 6 heteroatoms. The van der Waals surface area contributed by atoms with Crippen LogP contribution in [0.1, 0.15) is 19.3 Å². The molecule has 1 aliphatic rings. The molecule has 0 radical (unpaired) electrons. The minimum Gasteiger partial charge on any atom is -0.480 e. The zero-order valence-electron chi connectivity index (χ0n) is 10.00. The number of amides is 1. The highest BCUT2D eigenvalue weighted by atomic mass is 32.1. The van der Waals surface area contributed by atoms with Crippen molar-refractivity contribution in [3.05, 3.63) is 23.7 Å². The van der Waals surface area contributed by atoms with Gasteiger partial charge in [0.1, 0.15) is 0 Å². The molecule has 0 saturated carbocycles. The molecule has 0 spiro atoms. The average Bonchev–Trinajstić information content (AvgIpc) is 2.91. The number of anilines is 1. The molecule has 5 nitrogen and oxygen atoms in total. The molecule has 1 heterocycles. The number of hydrogen-bond acceptors (Lipinski definition) is 4. The van der Waals surface area contributed by atoms with E-state index in [4.69, 9.17) is 0 Å². The fraction of sp³-hybridized carbons (Fsp3) is 0.417. The molecule has 1 amide bonds. The van der Waals surface area contributed by atoms with Crippen LogP contribution in [0, 0.1) is 5.41 Å². The van der Waals surface area contributed by atoms with Crippen LogP contribution in [0.5, 0.6) is 0 Å². The number of nitrogens with zero attached hydrogens (tertiary/aromatic N) is 2. The van der Waals surface area contributed by atoms with Crippen LogP contribution in [0.25, 0.3) is 0 Å². The molecule has 1 aliphatic carbocycles. The van der Waals surface area contributed by atoms with Gasteiger partial charge < -0.3 is 5.11 Å². The standard InChI is InChI=1S/C12H14N2O3S/c1-14(11-13-7-8-18-11)9(15)12(10(16)17)5-3-2-4-6-12/h2-3,7-8H,4-6H2,1H3,(H,16,17). The molecule has 1 aromatic rings. The maximum atomic E-state index is 12.4. The second-order valence-corrected chi connectivity index (χ2v) is 5.15. The van der Waals surface area contributed by atoms with Crippen LogP contribution in [0.4, 0.5) is 5.13 Å². The normalized spacial score (nSPS) is 22.7. The van der Waals surface area contributed by atoms with Crippen molar-refractivity contribution in [2.24, 2.45) is 5.41 Å². The molecular weight excluding hydrogens is 252 g/mol. The zero-order chi connectivity index (χ0) is 13.2. The van der Waals surface area contributed by atoms with E-state index >= 15 is 0 Å². The maximum Gasteiger partial charge on any atom is 0.319 e. The zero-order valence-corrected chi connectivity index (χ0v) is 10.8. The first-order valence-electron chi connectivity index (χ1n) is 5.64. The lowest BCUT2D eigenvalue weighted by molar-refractivity contribution is -0.155. The summed E-state index contributed by atoms with van der Waals surface area (Å²) in [4.78, 5) is 29.3. The van der Waals surface area contributed by atoms with Crippen molar-refractivity contribution in [1.82, 2.24) is 4.98 Å². The van der Waals surface area contributed by atoms with Crippen LogP contribution in [-0.2, 0) is 9.59 Å². The van der Waals surface area contributed by atoms with E-state index in [1.165, 1.54) is 16.2 Å². The monoisotopic (exact) mass is 266 g/mol. The van der Waals surface area contributed by atoms with Gasteiger partial charge in [0, 0.05) is 18.6 Å². The van der Waals surface area contributed by atoms with E-state index < -0.39 is 17.3 Å². The van der Waals surface area contributed by atoms with E-state index in [-0.39, 0.29) is 6.42 Å². The van der Waals surface area contributed by atoms with Crippen molar-refractivity contribution < 1.29 is 14.7 Å². The van der Waals surface area contributed by atoms with E-state index in [1.807, 2.05) is 6.08 Å². The third-order valence-corrected chi connectivity index (χ3v) is 4.05. The van der Waals surface area contributed by atoms with E-state index in [0.29, 0.717) is 18.0 Å². The summed E-state index contributed by atoms with van der Waals surface area (Å²) in [5.41, 5.74) is -1.34. The number of carboxylic acids is 1. The van der Waals surface area contributed by atoms with Crippen molar-refractivity contribution in [1.29, 1.82) is 0 Å². The largest absolute Gasteiger partial charge is 0.480 e. The Morgan fingerprint density at radius 3 is 2.78 bits per heavy atom. The molecule has 2 rings (SSSR count). The highest BCUT2D eigenvalue weighted by Gasteiger charge is 2.47. The molecule has 0 fully saturated rings. The van der Waals surface area contributed by atoms with Gasteiger partial charge in [-0.2, -0.15) is 0 Å². The number of hydrogen-bond donors (Lipinski definition) is 1. The Labute approximate surface area is 109 Å². The van der Waals surface area contributed by atoms with Crippen LogP contribution in [0.15, 0.2) is 23.7 Å². The van der Waals surface area contributed by atoms with Gasteiger partial charge in [0.25, 0.3) is 0 Å². The first-order chi connectivity index (χ1) is 8.58. The van der Waals surface area contributed by atoms with Crippen molar-refractivity contribution >= 4 is 28.3 Å². The summed E-state index contributed by atoms with van der Waals surface area (Å²) in [7, 11) is 1.57. The molecule has 1 atom stereocenters. The number of carbonyl (C=O) groups is 2. The fourth-order valence-electron chi connectivity index (χ4n) is 2.10. The lowest BCUT2D eigenvalue weighted by atomic mass is 9.76. The second-order valence-electron chi connectivity index (χ2n) is 4.28. The van der Waals surface area contributed by atoms with Gasteiger partial charge in [0.05, 0.1) is 0 Å². The number of rotatable bonds is 3. The van der Waals surface area contributed by atoms with Gasteiger partial charge in [-0.25, -0.2) is 4.98 Å². The summed E-state index contributed by atoms with van der Waals surface area (Å²) in [6.45, 7) is 0. The number of thiazole rings is 1. The number of aromatic nitrogens is 1. The van der Waals surface area contributed by atoms with E-state index in [2.05, 4.69) is 4.98 Å². The summed E-state index contributed by atoms with van der Waals surface area (Å²) in [5.74, 6) is -1.45. The molecule has 0 saturated heterocycles. The van der Waals surface area contributed by atoms with Crippen LogP contribution < -0.4 is 4.90 Å². The average molecular weight is 266 g/mol. The number of carbonyl (C=O) groups excluding carboxylic acids is 1. The lowest BCUT2D eigenvalue weighted by Gasteiger charge is -2.32. The smallest absolute Gasteiger partial charge is 0.319 e.